The van der Waals surface area contributed by atoms with Crippen LogP contribution in [0.2, 0.25) is 0 Å². The minimum absolute atomic E-state index is 0.284. The molecule has 0 unspecified atom stereocenters. The summed E-state index contributed by atoms with van der Waals surface area (Å²) in [6, 6.07) is 0. The van der Waals surface area contributed by atoms with Gasteiger partial charge in [-0.2, -0.15) is 0 Å². The number of nitrogens with zero attached hydrogens (tertiary/aromatic N) is 1. The van der Waals surface area contributed by atoms with Crippen molar-refractivity contribution < 1.29 is 9.53 Å². The predicted octanol–water partition coefficient (Wildman–Crippen LogP) is -0.316. The third-order valence-corrected chi connectivity index (χ3v) is 1.24. The molecule has 1 aromatic rings. The van der Waals surface area contributed by atoms with Crippen LogP contribution in [0.5, 0.6) is 0 Å². The van der Waals surface area contributed by atoms with Crippen LogP contribution in [0.4, 0.5) is 0 Å². The lowest BCUT2D eigenvalue weighted by Gasteiger charge is -1.90. The molecular weight excluding hydrogens is 184 g/mol. The van der Waals surface area contributed by atoms with Gasteiger partial charge in [0, 0.05) is 12.1 Å². The van der Waals surface area contributed by atoms with E-state index in [9.17, 15) is 9.59 Å². The highest BCUT2D eigenvalue weighted by molar-refractivity contribution is 5.88. The number of aromatic nitrogens is 2. The van der Waals surface area contributed by atoms with Gasteiger partial charge < -0.3 is 9.72 Å². The fourth-order valence-electron chi connectivity index (χ4n) is 0.693. The van der Waals surface area contributed by atoms with Gasteiger partial charge in [0.2, 0.25) is 0 Å². The number of aromatic amines is 1. The molecule has 0 saturated carbocycles. The van der Waals surface area contributed by atoms with Crippen LogP contribution in [-0.2, 0) is 9.53 Å². The molecule has 72 valence electrons. The smallest absolute Gasteiger partial charge is 0.384 e. The molecule has 0 saturated heterocycles. The summed E-state index contributed by atoms with van der Waals surface area (Å²) >= 11 is 0. The number of nitrogens with one attached hydrogen (secondary N) is 1. The number of carbonyl (C=O) groups is 1. The van der Waals surface area contributed by atoms with Crippen LogP contribution in [0, 0.1) is 11.8 Å². The summed E-state index contributed by atoms with van der Waals surface area (Å²) in [5, 5.41) is 0. The van der Waals surface area contributed by atoms with Crippen molar-refractivity contribution in [3.63, 3.8) is 0 Å². The van der Waals surface area contributed by atoms with Crippen molar-refractivity contribution in [3.8, 4) is 11.8 Å². The van der Waals surface area contributed by atoms with Gasteiger partial charge in [0.25, 0.3) is 5.56 Å². The first-order chi connectivity index (χ1) is 6.72. The fraction of sp³-hybridized carbons (Fsp3) is 0.222. The summed E-state index contributed by atoms with van der Waals surface area (Å²) in [4.78, 5) is 27.5. The van der Waals surface area contributed by atoms with Crippen molar-refractivity contribution in [2.75, 3.05) is 6.61 Å². The number of hydrogen-bond acceptors (Lipinski definition) is 4. The summed E-state index contributed by atoms with van der Waals surface area (Å²) in [5.74, 6) is 4.06. The SMILES string of the molecule is CCOC(=O)C#Cc1c[nH]c(=O)cn1. The van der Waals surface area contributed by atoms with Crippen LogP contribution in [0.1, 0.15) is 12.6 Å². The molecule has 14 heavy (non-hydrogen) atoms. The zero-order valence-electron chi connectivity index (χ0n) is 7.53. The highest BCUT2D eigenvalue weighted by Crippen LogP contribution is 1.83. The molecule has 1 N–H and O–H groups in total. The molecule has 0 aliphatic carbocycles. The average molecular weight is 192 g/mol. The van der Waals surface area contributed by atoms with Gasteiger partial charge in [-0.15, -0.1) is 0 Å². The molecule has 0 aliphatic heterocycles. The van der Waals surface area contributed by atoms with Gasteiger partial charge in [-0.3, -0.25) is 4.79 Å². The van der Waals surface area contributed by atoms with Crippen LogP contribution >= 0.6 is 0 Å². The summed E-state index contributed by atoms with van der Waals surface area (Å²) < 4.78 is 4.58. The van der Waals surface area contributed by atoms with Gasteiger partial charge in [0.15, 0.2) is 0 Å². The summed E-state index contributed by atoms with van der Waals surface area (Å²) in [5.41, 5.74) is 0.00402. The van der Waals surface area contributed by atoms with Crippen molar-refractivity contribution >= 4 is 5.97 Å². The Balaban J connectivity index is 2.73. The minimum atomic E-state index is -0.611. The molecule has 0 fully saturated rings. The lowest BCUT2D eigenvalue weighted by Crippen LogP contribution is -2.05. The molecule has 1 heterocycles. The van der Waals surface area contributed by atoms with Gasteiger partial charge >= 0.3 is 5.97 Å². The summed E-state index contributed by atoms with van der Waals surface area (Å²) in [6.45, 7) is 1.98. The fourth-order valence-corrected chi connectivity index (χ4v) is 0.693. The standard InChI is InChI=1S/C9H8N2O3/c1-2-14-9(13)4-3-7-5-11-8(12)6-10-7/h5-6H,2H2,1H3,(H,11,12). The topological polar surface area (TPSA) is 72.1 Å². The maximum atomic E-state index is 10.8. The van der Waals surface area contributed by atoms with Crippen molar-refractivity contribution in [1.29, 1.82) is 0 Å². The molecule has 5 heteroatoms. The second-order valence-electron chi connectivity index (χ2n) is 2.27. The van der Waals surface area contributed by atoms with E-state index < -0.39 is 5.97 Å². The second-order valence-corrected chi connectivity index (χ2v) is 2.27. The van der Waals surface area contributed by atoms with Crippen LogP contribution in [0.25, 0.3) is 0 Å². The normalized spacial score (nSPS) is 8.64. The largest absolute Gasteiger partial charge is 0.456 e. The molecule has 1 rings (SSSR count). The molecule has 0 spiro atoms. The van der Waals surface area contributed by atoms with Crippen molar-refractivity contribution in [1.82, 2.24) is 9.97 Å². The van der Waals surface area contributed by atoms with Crippen LogP contribution in [-0.4, -0.2) is 22.5 Å². The van der Waals surface area contributed by atoms with E-state index in [-0.39, 0.29) is 12.2 Å². The highest BCUT2D eigenvalue weighted by atomic mass is 16.5. The number of hydrogen-bond donors (Lipinski definition) is 1. The summed E-state index contributed by atoms with van der Waals surface area (Å²) in [6.07, 6.45) is 2.42. The number of esters is 1. The van der Waals surface area contributed by atoms with Crippen LogP contribution < -0.4 is 5.56 Å². The molecular formula is C9H8N2O3. The van der Waals surface area contributed by atoms with E-state index in [2.05, 4.69) is 26.5 Å². The highest BCUT2D eigenvalue weighted by Gasteiger charge is 1.93. The number of H-pyrrole nitrogens is 1. The molecule has 1 aromatic heterocycles. The molecule has 0 radical (unpaired) electrons. The Hall–Kier alpha value is -2.09. The van der Waals surface area contributed by atoms with Gasteiger partial charge in [-0.05, 0) is 12.8 Å². The number of ether oxygens (including phenoxy) is 1. The predicted molar refractivity (Wildman–Crippen MR) is 48.4 cm³/mol. The van der Waals surface area contributed by atoms with E-state index in [0.29, 0.717) is 5.69 Å². The Morgan fingerprint density at radius 2 is 2.50 bits per heavy atom. The van der Waals surface area contributed by atoms with E-state index in [4.69, 9.17) is 0 Å². The monoisotopic (exact) mass is 192 g/mol. The van der Waals surface area contributed by atoms with E-state index in [1.807, 2.05) is 0 Å². The zero-order chi connectivity index (χ0) is 10.4. The van der Waals surface area contributed by atoms with Crippen molar-refractivity contribution in [2.24, 2.45) is 0 Å². The Labute approximate surface area is 80.1 Å². The Bertz CT molecular complexity index is 419. The maximum absolute atomic E-state index is 10.8. The third kappa shape index (κ3) is 3.11. The van der Waals surface area contributed by atoms with Gasteiger partial charge in [0.1, 0.15) is 5.69 Å². The van der Waals surface area contributed by atoms with Gasteiger partial charge in [0.05, 0.1) is 12.8 Å². The second kappa shape index (κ2) is 4.82. The van der Waals surface area contributed by atoms with Gasteiger partial charge in [-0.1, -0.05) is 0 Å². The first kappa shape index (κ1) is 9.99. The van der Waals surface area contributed by atoms with E-state index >= 15 is 0 Å². The van der Waals surface area contributed by atoms with E-state index in [0.717, 1.165) is 6.20 Å². The Morgan fingerprint density at radius 3 is 3.07 bits per heavy atom. The summed E-state index contributed by atoms with van der Waals surface area (Å²) in [7, 11) is 0. The number of rotatable bonds is 1. The molecule has 0 atom stereocenters. The molecule has 5 nitrogen and oxygen atoms in total. The lowest BCUT2D eigenvalue weighted by molar-refractivity contribution is -0.136. The molecule has 0 aromatic carbocycles. The zero-order valence-corrected chi connectivity index (χ0v) is 7.53. The van der Waals surface area contributed by atoms with Crippen molar-refractivity contribution in [2.45, 2.75) is 6.92 Å². The first-order valence-corrected chi connectivity index (χ1v) is 3.96. The Morgan fingerprint density at radius 1 is 1.71 bits per heavy atom. The van der Waals surface area contributed by atoms with Gasteiger partial charge in [-0.25, -0.2) is 9.78 Å². The van der Waals surface area contributed by atoms with Crippen LogP contribution in [0.15, 0.2) is 17.2 Å². The third-order valence-electron chi connectivity index (χ3n) is 1.24. The van der Waals surface area contributed by atoms with Crippen LogP contribution in [0.3, 0.4) is 0 Å². The maximum Gasteiger partial charge on any atom is 0.384 e. The Kier molecular flexibility index (Phi) is 3.44. The van der Waals surface area contributed by atoms with E-state index in [1.54, 1.807) is 6.92 Å². The molecule has 0 amide bonds. The number of carbonyl (C=O) groups excluding carboxylic acids is 1. The molecule has 0 bridgehead atoms. The quantitative estimate of drug-likeness (QED) is 0.489. The lowest BCUT2D eigenvalue weighted by atomic mass is 10.4. The molecule has 0 aliphatic rings. The van der Waals surface area contributed by atoms with E-state index in [1.165, 1.54) is 6.20 Å². The average Bonchev–Trinajstić information content (AvgIpc) is 2.17. The van der Waals surface area contributed by atoms with Crippen molar-refractivity contribution in [3.05, 3.63) is 28.4 Å². The first-order valence-electron chi connectivity index (χ1n) is 3.96. The minimum Gasteiger partial charge on any atom is -0.456 e.